The molecule has 1 rings (SSSR count). The third-order valence-electron chi connectivity index (χ3n) is 1.70. The number of hydrogen-bond acceptors (Lipinski definition) is 4. The van der Waals surface area contributed by atoms with Crippen molar-refractivity contribution in [3.63, 3.8) is 0 Å². The number of rotatable bonds is 0. The van der Waals surface area contributed by atoms with Gasteiger partial charge < -0.3 is 21.1 Å². The van der Waals surface area contributed by atoms with Gasteiger partial charge in [-0.15, -0.1) is 12.4 Å². The molecule has 0 saturated heterocycles. The summed E-state index contributed by atoms with van der Waals surface area (Å²) in [4.78, 5) is 0. The lowest BCUT2D eigenvalue weighted by Crippen LogP contribution is -2.36. The molecule has 1 aliphatic rings. The molecule has 0 aromatic heterocycles. The van der Waals surface area contributed by atoms with E-state index in [-0.39, 0.29) is 18.8 Å². The third kappa shape index (κ3) is 1.59. The molecule has 0 unspecified atom stereocenters. The second-order valence-electron chi connectivity index (χ2n) is 2.45. The Bertz CT molecular complexity index is 101. The van der Waals surface area contributed by atoms with Crippen LogP contribution in [0.15, 0.2) is 0 Å². The molecule has 0 spiro atoms. The summed E-state index contributed by atoms with van der Waals surface area (Å²) in [6.45, 7) is 0. The molecule has 4 atom stereocenters. The molecule has 5 heteroatoms. The summed E-state index contributed by atoms with van der Waals surface area (Å²) in [5.41, 5.74) is 5.29. The highest BCUT2D eigenvalue weighted by atomic mass is 35.5. The van der Waals surface area contributed by atoms with Gasteiger partial charge in [-0.05, 0) is 6.42 Å². The average molecular weight is 170 g/mol. The van der Waals surface area contributed by atoms with Crippen molar-refractivity contribution in [1.29, 1.82) is 0 Å². The minimum absolute atomic E-state index is 0. The largest absolute Gasteiger partial charge is 0.390 e. The van der Waals surface area contributed by atoms with E-state index in [0.717, 1.165) is 0 Å². The van der Waals surface area contributed by atoms with Crippen LogP contribution in [0.2, 0.25) is 0 Å². The second-order valence-corrected chi connectivity index (χ2v) is 2.45. The predicted molar refractivity (Wildman–Crippen MR) is 37.9 cm³/mol. The smallest absolute Gasteiger partial charge is 0.107 e. The standard InChI is InChI=1S/C5H11NO3.ClH/c6-2-1-3(7)5(9)4(2)8;/h2-5,7-9H,1,6H2;1H/t2-,3+,4+,5-;/m1./s1. The minimum Gasteiger partial charge on any atom is -0.390 e. The van der Waals surface area contributed by atoms with E-state index in [1.54, 1.807) is 0 Å². The minimum atomic E-state index is -1.06. The number of nitrogens with two attached hydrogens (primary N) is 1. The zero-order valence-corrected chi connectivity index (χ0v) is 6.16. The summed E-state index contributed by atoms with van der Waals surface area (Å²) in [7, 11) is 0. The molecule has 10 heavy (non-hydrogen) atoms. The van der Waals surface area contributed by atoms with Gasteiger partial charge in [0.2, 0.25) is 0 Å². The average Bonchev–Trinajstić information content (AvgIpc) is 1.98. The van der Waals surface area contributed by atoms with Gasteiger partial charge in [-0.3, -0.25) is 0 Å². The van der Waals surface area contributed by atoms with Crippen LogP contribution in [-0.2, 0) is 0 Å². The van der Waals surface area contributed by atoms with E-state index in [4.69, 9.17) is 21.1 Å². The maximum atomic E-state index is 8.90. The Balaban J connectivity index is 0.000000810. The maximum absolute atomic E-state index is 8.90. The molecule has 62 valence electrons. The SMILES string of the molecule is Cl.N[C@@H]1C[C@H](O)[C@@H](O)[C@H]1O. The van der Waals surface area contributed by atoms with Crippen molar-refractivity contribution in [3.8, 4) is 0 Å². The molecule has 5 N–H and O–H groups in total. The number of aliphatic hydroxyl groups is 3. The summed E-state index contributed by atoms with van der Waals surface area (Å²) in [5, 5.41) is 26.6. The Morgan fingerprint density at radius 2 is 1.60 bits per heavy atom. The quantitative estimate of drug-likeness (QED) is 0.346. The second kappa shape index (κ2) is 3.50. The first kappa shape index (κ1) is 10.1. The first-order valence-electron chi connectivity index (χ1n) is 2.92. The molecule has 0 aromatic rings. The molecule has 1 saturated carbocycles. The highest BCUT2D eigenvalue weighted by Gasteiger charge is 2.38. The van der Waals surface area contributed by atoms with Gasteiger partial charge in [-0.25, -0.2) is 0 Å². The third-order valence-corrected chi connectivity index (χ3v) is 1.70. The fourth-order valence-electron chi connectivity index (χ4n) is 1.04. The molecule has 0 amide bonds. The van der Waals surface area contributed by atoms with Gasteiger partial charge in [0, 0.05) is 6.04 Å². The van der Waals surface area contributed by atoms with Crippen LogP contribution in [0.1, 0.15) is 6.42 Å². The fraction of sp³-hybridized carbons (Fsp3) is 1.00. The van der Waals surface area contributed by atoms with Crippen molar-refractivity contribution in [1.82, 2.24) is 0 Å². The Kier molecular flexibility index (Phi) is 3.55. The van der Waals surface area contributed by atoms with Gasteiger partial charge in [0.05, 0.1) is 12.2 Å². The summed E-state index contributed by atoms with van der Waals surface area (Å²) in [6.07, 6.45) is -2.59. The summed E-state index contributed by atoms with van der Waals surface area (Å²) in [6, 6.07) is -0.477. The fourth-order valence-corrected chi connectivity index (χ4v) is 1.04. The van der Waals surface area contributed by atoms with Gasteiger partial charge in [-0.2, -0.15) is 0 Å². The lowest BCUT2D eigenvalue weighted by Gasteiger charge is -2.11. The molecular formula is C5H12ClNO3. The van der Waals surface area contributed by atoms with Crippen LogP contribution < -0.4 is 5.73 Å². The summed E-state index contributed by atoms with van der Waals surface area (Å²) < 4.78 is 0. The molecule has 0 aromatic carbocycles. The summed E-state index contributed by atoms with van der Waals surface area (Å²) in [5.74, 6) is 0. The van der Waals surface area contributed by atoms with Crippen LogP contribution in [-0.4, -0.2) is 39.7 Å². The van der Waals surface area contributed by atoms with Crippen molar-refractivity contribution in [2.45, 2.75) is 30.8 Å². The van der Waals surface area contributed by atoms with E-state index in [1.165, 1.54) is 0 Å². The number of aliphatic hydroxyl groups excluding tert-OH is 3. The molecule has 4 nitrogen and oxygen atoms in total. The van der Waals surface area contributed by atoms with Crippen LogP contribution >= 0.6 is 12.4 Å². The van der Waals surface area contributed by atoms with E-state index >= 15 is 0 Å². The Hall–Kier alpha value is 0.130. The van der Waals surface area contributed by atoms with Crippen molar-refractivity contribution in [3.05, 3.63) is 0 Å². The van der Waals surface area contributed by atoms with Crippen LogP contribution in [0.5, 0.6) is 0 Å². The first-order valence-corrected chi connectivity index (χ1v) is 2.92. The lowest BCUT2D eigenvalue weighted by molar-refractivity contribution is -0.0205. The topological polar surface area (TPSA) is 86.7 Å². The van der Waals surface area contributed by atoms with Crippen molar-refractivity contribution < 1.29 is 15.3 Å². The Morgan fingerprint density at radius 1 is 1.10 bits per heavy atom. The first-order chi connectivity index (χ1) is 4.13. The van der Waals surface area contributed by atoms with Gasteiger partial charge >= 0.3 is 0 Å². The van der Waals surface area contributed by atoms with Crippen molar-refractivity contribution in [2.24, 2.45) is 5.73 Å². The Morgan fingerprint density at radius 3 is 1.70 bits per heavy atom. The Labute approximate surface area is 65.1 Å². The highest BCUT2D eigenvalue weighted by molar-refractivity contribution is 5.85. The molecule has 0 heterocycles. The molecule has 0 radical (unpaired) electrons. The van der Waals surface area contributed by atoms with E-state index in [2.05, 4.69) is 0 Å². The normalized spacial score (nSPS) is 46.8. The van der Waals surface area contributed by atoms with Crippen molar-refractivity contribution in [2.75, 3.05) is 0 Å². The molecule has 1 fully saturated rings. The molecule has 0 aliphatic heterocycles. The van der Waals surface area contributed by atoms with E-state index in [0.29, 0.717) is 0 Å². The lowest BCUT2D eigenvalue weighted by atomic mass is 10.2. The molecular weight excluding hydrogens is 158 g/mol. The van der Waals surface area contributed by atoms with E-state index < -0.39 is 24.4 Å². The zero-order chi connectivity index (χ0) is 7.02. The van der Waals surface area contributed by atoms with Crippen LogP contribution in [0.3, 0.4) is 0 Å². The van der Waals surface area contributed by atoms with Gasteiger partial charge in [0.1, 0.15) is 6.10 Å². The van der Waals surface area contributed by atoms with Gasteiger partial charge in [-0.1, -0.05) is 0 Å². The number of halogens is 1. The summed E-state index contributed by atoms with van der Waals surface area (Å²) >= 11 is 0. The molecule has 0 bridgehead atoms. The van der Waals surface area contributed by atoms with E-state index in [1.807, 2.05) is 0 Å². The van der Waals surface area contributed by atoms with Crippen LogP contribution in [0.25, 0.3) is 0 Å². The van der Waals surface area contributed by atoms with Gasteiger partial charge in [0.25, 0.3) is 0 Å². The van der Waals surface area contributed by atoms with E-state index in [9.17, 15) is 0 Å². The zero-order valence-electron chi connectivity index (χ0n) is 5.34. The van der Waals surface area contributed by atoms with Crippen molar-refractivity contribution >= 4 is 12.4 Å². The maximum Gasteiger partial charge on any atom is 0.107 e. The van der Waals surface area contributed by atoms with Crippen LogP contribution in [0, 0.1) is 0 Å². The van der Waals surface area contributed by atoms with Gasteiger partial charge in [0.15, 0.2) is 0 Å². The monoisotopic (exact) mass is 169 g/mol. The highest BCUT2D eigenvalue weighted by Crippen LogP contribution is 2.18. The van der Waals surface area contributed by atoms with Crippen LogP contribution in [0.4, 0.5) is 0 Å². The number of hydrogen-bond donors (Lipinski definition) is 4. The molecule has 1 aliphatic carbocycles. The predicted octanol–water partition coefficient (Wildman–Crippen LogP) is -1.78.